The zero-order chi connectivity index (χ0) is 13.1. The molecule has 0 saturated carbocycles. The minimum atomic E-state index is -1.14. The molecule has 1 amide bonds. The summed E-state index contributed by atoms with van der Waals surface area (Å²) in [5.41, 5.74) is -0.612. The highest BCUT2D eigenvalue weighted by molar-refractivity contribution is 5.95. The lowest BCUT2D eigenvalue weighted by atomic mass is 10.1. The molecule has 0 aliphatic heterocycles. The van der Waals surface area contributed by atoms with E-state index in [1.807, 2.05) is 0 Å². The number of amides is 1. The molecule has 0 aromatic carbocycles. The van der Waals surface area contributed by atoms with Crippen LogP contribution < -0.4 is 5.32 Å². The molecule has 0 spiro atoms. The van der Waals surface area contributed by atoms with Crippen LogP contribution in [0.5, 0.6) is 0 Å². The Kier molecular flexibility index (Phi) is 3.49. The molecule has 0 saturated heterocycles. The van der Waals surface area contributed by atoms with Crippen molar-refractivity contribution in [3.05, 3.63) is 29.6 Å². The molecule has 0 atom stereocenters. The van der Waals surface area contributed by atoms with Gasteiger partial charge in [-0.05, 0) is 26.0 Å². The maximum Gasteiger partial charge on any atom is 0.354 e. The van der Waals surface area contributed by atoms with Gasteiger partial charge < -0.3 is 10.4 Å². The average Bonchev–Trinajstić information content (AvgIpc) is 2.28. The van der Waals surface area contributed by atoms with Crippen molar-refractivity contribution < 1.29 is 14.7 Å². The number of aromatic carboxylic acids is 1. The fraction of sp³-hybridized carbons (Fsp3) is 0.250. The normalized spacial score (nSPS) is 10.4. The second-order valence-electron chi connectivity index (χ2n) is 3.96. The number of carboxylic acid groups (broad SMARTS) is 1. The van der Waals surface area contributed by atoms with Crippen molar-refractivity contribution >= 4 is 11.9 Å². The third-order valence-corrected chi connectivity index (χ3v) is 2.03. The molecule has 0 bridgehead atoms. The molecular formula is C12H12N2O3. The lowest BCUT2D eigenvalue weighted by Gasteiger charge is -2.19. The van der Waals surface area contributed by atoms with E-state index in [1.165, 1.54) is 18.3 Å². The third kappa shape index (κ3) is 3.31. The molecule has 88 valence electrons. The number of carboxylic acids is 1. The van der Waals surface area contributed by atoms with Gasteiger partial charge in [-0.2, -0.15) is 0 Å². The van der Waals surface area contributed by atoms with E-state index in [2.05, 4.69) is 16.2 Å². The highest BCUT2D eigenvalue weighted by Crippen LogP contribution is 2.05. The maximum absolute atomic E-state index is 11.7. The maximum atomic E-state index is 11.7. The molecule has 5 nitrogen and oxygen atoms in total. The molecule has 2 N–H and O–H groups in total. The summed E-state index contributed by atoms with van der Waals surface area (Å²) < 4.78 is 0. The van der Waals surface area contributed by atoms with Crippen LogP contribution in [-0.4, -0.2) is 27.5 Å². The number of carbonyl (C=O) groups is 2. The second-order valence-corrected chi connectivity index (χ2v) is 3.96. The standard InChI is InChI=1S/C12H12N2O3/c1-4-12(2,3)14-10(15)8-5-6-9(11(16)17)13-7-8/h1,5-7H,2-3H3,(H,14,15)(H,16,17). The summed E-state index contributed by atoms with van der Waals surface area (Å²) in [6, 6.07) is 2.65. The molecular weight excluding hydrogens is 220 g/mol. The van der Waals surface area contributed by atoms with Crippen LogP contribution in [0.2, 0.25) is 0 Å². The Balaban J connectivity index is 2.85. The Morgan fingerprint density at radius 3 is 2.53 bits per heavy atom. The highest BCUT2D eigenvalue weighted by atomic mass is 16.4. The number of carbonyl (C=O) groups excluding carboxylic acids is 1. The second kappa shape index (κ2) is 4.66. The van der Waals surface area contributed by atoms with Crippen LogP contribution in [0.25, 0.3) is 0 Å². The largest absolute Gasteiger partial charge is 0.477 e. The summed E-state index contributed by atoms with van der Waals surface area (Å²) in [4.78, 5) is 25.9. The molecule has 0 aliphatic carbocycles. The molecule has 0 aliphatic rings. The fourth-order valence-corrected chi connectivity index (χ4v) is 1.05. The van der Waals surface area contributed by atoms with Gasteiger partial charge in [0.2, 0.25) is 0 Å². The first-order chi connectivity index (χ1) is 7.85. The first kappa shape index (κ1) is 12.7. The summed E-state index contributed by atoms with van der Waals surface area (Å²) in [7, 11) is 0. The molecule has 17 heavy (non-hydrogen) atoms. The van der Waals surface area contributed by atoms with Gasteiger partial charge in [-0.1, -0.05) is 5.92 Å². The Morgan fingerprint density at radius 2 is 2.12 bits per heavy atom. The zero-order valence-electron chi connectivity index (χ0n) is 9.52. The van der Waals surface area contributed by atoms with E-state index in [0.717, 1.165) is 0 Å². The molecule has 5 heteroatoms. The van der Waals surface area contributed by atoms with Gasteiger partial charge in [0.25, 0.3) is 5.91 Å². The van der Waals surface area contributed by atoms with Gasteiger partial charge in [-0.15, -0.1) is 6.42 Å². The van der Waals surface area contributed by atoms with Gasteiger partial charge in [0.05, 0.1) is 11.1 Å². The molecule has 0 fully saturated rings. The molecule has 1 rings (SSSR count). The van der Waals surface area contributed by atoms with Crippen LogP contribution in [-0.2, 0) is 0 Å². The Labute approximate surface area is 98.9 Å². The van der Waals surface area contributed by atoms with Crippen molar-refractivity contribution in [2.75, 3.05) is 0 Å². The van der Waals surface area contributed by atoms with Gasteiger partial charge in [-0.25, -0.2) is 9.78 Å². The van der Waals surface area contributed by atoms with Gasteiger partial charge >= 0.3 is 5.97 Å². The lowest BCUT2D eigenvalue weighted by molar-refractivity contribution is 0.0689. The average molecular weight is 232 g/mol. The number of aromatic nitrogens is 1. The van der Waals surface area contributed by atoms with Crippen molar-refractivity contribution in [2.45, 2.75) is 19.4 Å². The predicted molar refractivity (Wildman–Crippen MR) is 61.6 cm³/mol. The first-order valence-electron chi connectivity index (χ1n) is 4.85. The first-order valence-corrected chi connectivity index (χ1v) is 4.85. The van der Waals surface area contributed by atoms with Crippen LogP contribution >= 0.6 is 0 Å². The summed E-state index contributed by atoms with van der Waals surface area (Å²) in [5, 5.41) is 11.3. The van der Waals surface area contributed by atoms with Crippen molar-refractivity contribution in [1.82, 2.24) is 10.3 Å². The van der Waals surface area contributed by atoms with Crippen molar-refractivity contribution in [3.8, 4) is 12.3 Å². The number of nitrogens with zero attached hydrogens (tertiary/aromatic N) is 1. The number of pyridine rings is 1. The molecule has 1 heterocycles. The van der Waals surface area contributed by atoms with Gasteiger partial charge in [0, 0.05) is 6.20 Å². The van der Waals surface area contributed by atoms with E-state index in [0.29, 0.717) is 0 Å². The molecule has 0 unspecified atom stereocenters. The quantitative estimate of drug-likeness (QED) is 0.759. The smallest absolute Gasteiger partial charge is 0.354 e. The number of hydrogen-bond donors (Lipinski definition) is 2. The summed E-state index contributed by atoms with van der Waals surface area (Å²) in [6.45, 7) is 3.37. The van der Waals surface area contributed by atoms with Crippen LogP contribution in [0, 0.1) is 12.3 Å². The third-order valence-electron chi connectivity index (χ3n) is 2.03. The van der Waals surface area contributed by atoms with Gasteiger partial charge in [0.15, 0.2) is 0 Å². The number of nitrogens with one attached hydrogen (secondary N) is 1. The van der Waals surface area contributed by atoms with Crippen LogP contribution in [0.1, 0.15) is 34.7 Å². The number of hydrogen-bond acceptors (Lipinski definition) is 3. The van der Waals surface area contributed by atoms with Crippen molar-refractivity contribution in [2.24, 2.45) is 0 Å². The van der Waals surface area contributed by atoms with Gasteiger partial charge in [-0.3, -0.25) is 4.79 Å². The molecule has 1 aromatic rings. The highest BCUT2D eigenvalue weighted by Gasteiger charge is 2.18. The van der Waals surface area contributed by atoms with Gasteiger partial charge in [0.1, 0.15) is 5.69 Å². The molecule has 0 radical (unpaired) electrons. The van der Waals surface area contributed by atoms with Crippen molar-refractivity contribution in [3.63, 3.8) is 0 Å². The SMILES string of the molecule is C#CC(C)(C)NC(=O)c1ccc(C(=O)O)nc1. The predicted octanol–water partition coefficient (Wildman–Crippen LogP) is 0.921. The van der Waals surface area contributed by atoms with E-state index < -0.39 is 17.4 Å². The Hall–Kier alpha value is -2.35. The van der Waals surface area contributed by atoms with E-state index in [4.69, 9.17) is 11.5 Å². The van der Waals surface area contributed by atoms with Crippen LogP contribution in [0.4, 0.5) is 0 Å². The minimum Gasteiger partial charge on any atom is -0.477 e. The summed E-state index contributed by atoms with van der Waals surface area (Å²) in [5.74, 6) is 0.896. The zero-order valence-corrected chi connectivity index (χ0v) is 9.52. The van der Waals surface area contributed by atoms with E-state index >= 15 is 0 Å². The Morgan fingerprint density at radius 1 is 1.47 bits per heavy atom. The summed E-state index contributed by atoms with van der Waals surface area (Å²) in [6.07, 6.45) is 6.44. The Bertz CT molecular complexity index is 483. The monoisotopic (exact) mass is 232 g/mol. The summed E-state index contributed by atoms with van der Waals surface area (Å²) >= 11 is 0. The van der Waals surface area contributed by atoms with E-state index in [-0.39, 0.29) is 11.3 Å². The van der Waals surface area contributed by atoms with Crippen LogP contribution in [0.15, 0.2) is 18.3 Å². The lowest BCUT2D eigenvalue weighted by Crippen LogP contribution is -2.42. The minimum absolute atomic E-state index is 0.113. The topological polar surface area (TPSA) is 79.3 Å². The fourth-order valence-electron chi connectivity index (χ4n) is 1.05. The number of terminal acetylenes is 1. The van der Waals surface area contributed by atoms with Crippen molar-refractivity contribution in [1.29, 1.82) is 0 Å². The van der Waals surface area contributed by atoms with E-state index in [1.54, 1.807) is 13.8 Å². The molecule has 1 aromatic heterocycles. The number of rotatable bonds is 3. The van der Waals surface area contributed by atoms with Crippen LogP contribution in [0.3, 0.4) is 0 Å². The van der Waals surface area contributed by atoms with E-state index in [9.17, 15) is 9.59 Å².